The highest BCUT2D eigenvalue weighted by Crippen LogP contribution is 2.18. The fourth-order valence-corrected chi connectivity index (χ4v) is 2.01. The van der Waals surface area contributed by atoms with Gasteiger partial charge in [0.1, 0.15) is 5.82 Å². The minimum atomic E-state index is -0.274. The molecule has 1 atom stereocenters. The first kappa shape index (κ1) is 10.9. The van der Waals surface area contributed by atoms with E-state index in [0.29, 0.717) is 23.7 Å². The number of β-amino-alcohol motifs (C(OH)–C–C–N with tert-alkyl or cyclic N) is 1. The predicted molar refractivity (Wildman–Crippen MR) is 57.3 cm³/mol. The maximum atomic E-state index is 13.4. The van der Waals surface area contributed by atoms with Crippen LogP contribution in [-0.4, -0.2) is 29.2 Å². The van der Waals surface area contributed by atoms with Crippen molar-refractivity contribution in [2.45, 2.75) is 19.1 Å². The van der Waals surface area contributed by atoms with Gasteiger partial charge in [-0.1, -0.05) is 17.7 Å². The van der Waals surface area contributed by atoms with Gasteiger partial charge in [-0.05, 0) is 18.6 Å². The molecule has 0 aromatic heterocycles. The van der Waals surface area contributed by atoms with Gasteiger partial charge in [0.2, 0.25) is 0 Å². The topological polar surface area (TPSA) is 23.5 Å². The zero-order chi connectivity index (χ0) is 10.8. The number of rotatable bonds is 2. The van der Waals surface area contributed by atoms with Crippen LogP contribution in [0, 0.1) is 5.82 Å². The summed E-state index contributed by atoms with van der Waals surface area (Å²) in [5.41, 5.74) is 0.633. The molecule has 1 fully saturated rings. The standard InChI is InChI=1S/C11H13ClFNO/c12-9-2-1-8(11(13)5-9)6-14-4-3-10(15)7-14/h1-2,5,10,15H,3-4,6-7H2/t10-/m1/s1. The summed E-state index contributed by atoms with van der Waals surface area (Å²) in [6.07, 6.45) is 0.509. The van der Waals surface area contributed by atoms with Crippen molar-refractivity contribution < 1.29 is 9.50 Å². The zero-order valence-corrected chi connectivity index (χ0v) is 9.04. The summed E-state index contributed by atoms with van der Waals surface area (Å²) in [7, 11) is 0. The Labute approximate surface area is 93.3 Å². The molecule has 0 saturated carbocycles. The lowest BCUT2D eigenvalue weighted by atomic mass is 10.2. The molecule has 2 nitrogen and oxygen atoms in total. The molecule has 1 aliphatic heterocycles. The second-order valence-corrected chi connectivity index (χ2v) is 4.35. The molecular weight excluding hydrogens is 217 g/mol. The molecule has 0 aliphatic carbocycles. The molecule has 0 radical (unpaired) electrons. The average molecular weight is 230 g/mol. The average Bonchev–Trinajstić information content (AvgIpc) is 2.56. The summed E-state index contributed by atoms with van der Waals surface area (Å²) in [4.78, 5) is 2.04. The molecule has 1 saturated heterocycles. The molecule has 1 N–H and O–H groups in total. The van der Waals surface area contributed by atoms with Crippen molar-refractivity contribution in [3.63, 3.8) is 0 Å². The quantitative estimate of drug-likeness (QED) is 0.839. The number of nitrogens with zero attached hydrogens (tertiary/aromatic N) is 1. The van der Waals surface area contributed by atoms with Gasteiger partial charge in [0.05, 0.1) is 6.10 Å². The second-order valence-electron chi connectivity index (χ2n) is 3.91. The van der Waals surface area contributed by atoms with E-state index >= 15 is 0 Å². The van der Waals surface area contributed by atoms with Gasteiger partial charge < -0.3 is 5.11 Å². The van der Waals surface area contributed by atoms with Crippen LogP contribution in [0.15, 0.2) is 18.2 Å². The Kier molecular flexibility index (Phi) is 3.24. The van der Waals surface area contributed by atoms with Crippen molar-refractivity contribution in [3.05, 3.63) is 34.6 Å². The molecule has 2 rings (SSSR count). The van der Waals surface area contributed by atoms with Crippen LogP contribution in [-0.2, 0) is 6.54 Å². The van der Waals surface area contributed by atoms with Gasteiger partial charge in [-0.15, -0.1) is 0 Å². The molecular formula is C11H13ClFNO. The summed E-state index contributed by atoms with van der Waals surface area (Å²) in [5, 5.41) is 9.75. The summed E-state index contributed by atoms with van der Waals surface area (Å²) in [6, 6.07) is 4.71. The molecule has 1 heterocycles. The minimum absolute atomic E-state index is 0.264. The van der Waals surface area contributed by atoms with Gasteiger partial charge in [-0.2, -0.15) is 0 Å². The lowest BCUT2D eigenvalue weighted by Gasteiger charge is -2.15. The van der Waals surface area contributed by atoms with Crippen molar-refractivity contribution in [1.82, 2.24) is 4.90 Å². The summed E-state index contributed by atoms with van der Waals surface area (Å²) >= 11 is 5.66. The van der Waals surface area contributed by atoms with E-state index in [9.17, 15) is 9.50 Å². The predicted octanol–water partition coefficient (Wildman–Crippen LogP) is 2.05. The third kappa shape index (κ3) is 2.68. The van der Waals surface area contributed by atoms with E-state index in [0.717, 1.165) is 13.0 Å². The Morgan fingerprint density at radius 3 is 2.93 bits per heavy atom. The molecule has 1 aromatic carbocycles. The molecule has 0 unspecified atom stereocenters. The van der Waals surface area contributed by atoms with Crippen molar-refractivity contribution in [1.29, 1.82) is 0 Å². The SMILES string of the molecule is O[C@@H]1CCN(Cc2ccc(Cl)cc2F)C1. The van der Waals surface area contributed by atoms with E-state index in [1.807, 2.05) is 4.90 Å². The first-order valence-electron chi connectivity index (χ1n) is 4.99. The highest BCUT2D eigenvalue weighted by Gasteiger charge is 2.20. The van der Waals surface area contributed by atoms with Crippen LogP contribution in [0.1, 0.15) is 12.0 Å². The van der Waals surface area contributed by atoms with E-state index in [1.165, 1.54) is 6.07 Å². The highest BCUT2D eigenvalue weighted by atomic mass is 35.5. The number of aliphatic hydroxyl groups excluding tert-OH is 1. The van der Waals surface area contributed by atoms with Crippen LogP contribution in [0.5, 0.6) is 0 Å². The Bertz CT molecular complexity index is 358. The van der Waals surface area contributed by atoms with E-state index < -0.39 is 0 Å². The maximum absolute atomic E-state index is 13.4. The minimum Gasteiger partial charge on any atom is -0.392 e. The monoisotopic (exact) mass is 229 g/mol. The van der Waals surface area contributed by atoms with E-state index in [-0.39, 0.29) is 11.9 Å². The number of benzene rings is 1. The summed E-state index contributed by atoms with van der Waals surface area (Å²) < 4.78 is 13.4. The molecule has 1 aromatic rings. The van der Waals surface area contributed by atoms with Crippen LogP contribution in [0.25, 0.3) is 0 Å². The van der Waals surface area contributed by atoms with Crippen LogP contribution < -0.4 is 0 Å². The fourth-order valence-electron chi connectivity index (χ4n) is 1.85. The molecule has 4 heteroatoms. The molecule has 0 bridgehead atoms. The van der Waals surface area contributed by atoms with Crippen molar-refractivity contribution in [2.75, 3.05) is 13.1 Å². The second kappa shape index (κ2) is 4.47. The highest BCUT2D eigenvalue weighted by molar-refractivity contribution is 6.30. The maximum Gasteiger partial charge on any atom is 0.129 e. The normalized spacial score (nSPS) is 22.2. The number of aliphatic hydroxyl groups is 1. The van der Waals surface area contributed by atoms with E-state index in [2.05, 4.69) is 0 Å². The van der Waals surface area contributed by atoms with Gasteiger partial charge in [0.15, 0.2) is 0 Å². The van der Waals surface area contributed by atoms with Crippen LogP contribution in [0.3, 0.4) is 0 Å². The van der Waals surface area contributed by atoms with Gasteiger partial charge in [-0.3, -0.25) is 4.90 Å². The van der Waals surface area contributed by atoms with Gasteiger partial charge in [0, 0.05) is 30.2 Å². The van der Waals surface area contributed by atoms with Gasteiger partial charge in [-0.25, -0.2) is 4.39 Å². The van der Waals surface area contributed by atoms with Crippen LogP contribution in [0.2, 0.25) is 5.02 Å². The Balaban J connectivity index is 2.04. The van der Waals surface area contributed by atoms with Crippen LogP contribution in [0.4, 0.5) is 4.39 Å². The number of hydrogen-bond acceptors (Lipinski definition) is 2. The number of likely N-dealkylation sites (tertiary alicyclic amines) is 1. The Hall–Kier alpha value is -0.640. The fraction of sp³-hybridized carbons (Fsp3) is 0.455. The third-order valence-electron chi connectivity index (χ3n) is 2.66. The van der Waals surface area contributed by atoms with Crippen molar-refractivity contribution in [2.24, 2.45) is 0 Å². The first-order valence-corrected chi connectivity index (χ1v) is 5.37. The third-order valence-corrected chi connectivity index (χ3v) is 2.89. The number of halogens is 2. The lowest BCUT2D eigenvalue weighted by Crippen LogP contribution is -2.22. The zero-order valence-electron chi connectivity index (χ0n) is 8.29. The lowest BCUT2D eigenvalue weighted by molar-refractivity contribution is 0.174. The smallest absolute Gasteiger partial charge is 0.129 e. The van der Waals surface area contributed by atoms with E-state index in [4.69, 9.17) is 11.6 Å². The van der Waals surface area contributed by atoms with Crippen LogP contribution >= 0.6 is 11.6 Å². The summed E-state index contributed by atoms with van der Waals surface area (Å²) in [5.74, 6) is -0.274. The first-order chi connectivity index (χ1) is 7.15. The van der Waals surface area contributed by atoms with Gasteiger partial charge >= 0.3 is 0 Å². The molecule has 1 aliphatic rings. The molecule has 15 heavy (non-hydrogen) atoms. The van der Waals surface area contributed by atoms with Gasteiger partial charge in [0.25, 0.3) is 0 Å². The Morgan fingerprint density at radius 1 is 1.53 bits per heavy atom. The van der Waals surface area contributed by atoms with E-state index in [1.54, 1.807) is 12.1 Å². The molecule has 82 valence electrons. The summed E-state index contributed by atoms with van der Waals surface area (Å²) in [6.45, 7) is 1.99. The Morgan fingerprint density at radius 2 is 2.33 bits per heavy atom. The van der Waals surface area contributed by atoms with Crippen molar-refractivity contribution >= 4 is 11.6 Å². The number of hydrogen-bond donors (Lipinski definition) is 1. The van der Waals surface area contributed by atoms with Crippen molar-refractivity contribution in [3.8, 4) is 0 Å². The molecule has 0 spiro atoms. The largest absolute Gasteiger partial charge is 0.392 e. The molecule has 0 amide bonds.